The lowest BCUT2D eigenvalue weighted by Gasteiger charge is -2.40. The van der Waals surface area contributed by atoms with Crippen molar-refractivity contribution in [2.45, 2.75) is 30.0 Å². The summed E-state index contributed by atoms with van der Waals surface area (Å²) in [5.41, 5.74) is 3.25. The molecule has 3 aromatic rings. The first-order valence-corrected chi connectivity index (χ1v) is 11.7. The molecule has 0 aromatic heterocycles. The van der Waals surface area contributed by atoms with Crippen LogP contribution in [0.1, 0.15) is 29.2 Å². The van der Waals surface area contributed by atoms with E-state index in [0.717, 1.165) is 22.4 Å². The Balaban J connectivity index is 1.55. The number of para-hydroxylation sites is 1. The average molecular weight is 434 g/mol. The number of aliphatic hydroxyl groups excluding tert-OH is 1. The van der Waals surface area contributed by atoms with E-state index in [4.69, 9.17) is 4.74 Å². The van der Waals surface area contributed by atoms with Crippen LogP contribution in [0, 0.1) is 0 Å². The van der Waals surface area contributed by atoms with Crippen molar-refractivity contribution in [1.82, 2.24) is 4.31 Å². The summed E-state index contributed by atoms with van der Waals surface area (Å²) in [6, 6.07) is 23.3. The highest BCUT2D eigenvalue weighted by molar-refractivity contribution is 7.89. The van der Waals surface area contributed by atoms with Crippen LogP contribution >= 0.6 is 0 Å². The van der Waals surface area contributed by atoms with Crippen LogP contribution in [-0.2, 0) is 16.6 Å². The minimum atomic E-state index is -3.77. The van der Waals surface area contributed by atoms with Crippen molar-refractivity contribution in [2.24, 2.45) is 0 Å². The summed E-state index contributed by atoms with van der Waals surface area (Å²) in [6.45, 7) is 0.574. The molecule has 0 saturated carbocycles. The molecule has 1 N–H and O–H groups in total. The zero-order chi connectivity index (χ0) is 21.4. The molecule has 31 heavy (non-hydrogen) atoms. The Bertz CT molecular complexity index is 1240. The number of fused-ring (bicyclic) bond motifs is 2. The van der Waals surface area contributed by atoms with Crippen LogP contribution in [0.2, 0.25) is 0 Å². The molecule has 5 nitrogen and oxygen atoms in total. The van der Waals surface area contributed by atoms with E-state index in [0.29, 0.717) is 18.6 Å². The summed E-state index contributed by atoms with van der Waals surface area (Å²) >= 11 is 0. The van der Waals surface area contributed by atoms with Crippen molar-refractivity contribution in [3.05, 3.63) is 101 Å². The van der Waals surface area contributed by atoms with Gasteiger partial charge < -0.3 is 9.84 Å². The minimum absolute atomic E-state index is 0.175. The Kier molecular flexibility index (Phi) is 5.14. The second-order valence-corrected chi connectivity index (χ2v) is 9.78. The molecule has 5 rings (SSSR count). The highest BCUT2D eigenvalue weighted by atomic mass is 32.2. The van der Waals surface area contributed by atoms with Crippen LogP contribution in [0.3, 0.4) is 0 Å². The summed E-state index contributed by atoms with van der Waals surface area (Å²) in [5, 5.41) is 11.3. The summed E-state index contributed by atoms with van der Waals surface area (Å²) in [4.78, 5) is 0.175. The topological polar surface area (TPSA) is 66.8 Å². The second-order valence-electron chi connectivity index (χ2n) is 7.92. The summed E-state index contributed by atoms with van der Waals surface area (Å²) in [5.74, 6) is 0.814. The molecule has 2 aliphatic rings. The molecule has 6 heteroatoms. The number of hydrogen-bond acceptors (Lipinski definition) is 4. The smallest absolute Gasteiger partial charge is 0.244 e. The number of sulfonamides is 1. The van der Waals surface area contributed by atoms with Gasteiger partial charge in [0.2, 0.25) is 10.0 Å². The number of ether oxygens (including phenoxy) is 1. The van der Waals surface area contributed by atoms with Crippen molar-refractivity contribution in [3.63, 3.8) is 0 Å². The quantitative estimate of drug-likeness (QED) is 0.671. The number of rotatable bonds is 4. The molecule has 2 aliphatic heterocycles. The van der Waals surface area contributed by atoms with Crippen LogP contribution in [0.25, 0.3) is 6.08 Å². The van der Waals surface area contributed by atoms with Crippen LogP contribution in [0.4, 0.5) is 0 Å². The van der Waals surface area contributed by atoms with Crippen LogP contribution in [0.5, 0.6) is 5.75 Å². The van der Waals surface area contributed by atoms with Crippen molar-refractivity contribution in [2.75, 3.05) is 6.61 Å². The third-order valence-electron chi connectivity index (χ3n) is 5.90. The van der Waals surface area contributed by atoms with E-state index in [1.54, 1.807) is 24.3 Å². The fourth-order valence-corrected chi connectivity index (χ4v) is 6.21. The molecule has 0 spiro atoms. The van der Waals surface area contributed by atoms with E-state index in [1.807, 2.05) is 60.7 Å². The molecule has 2 heterocycles. The third kappa shape index (κ3) is 3.67. The van der Waals surface area contributed by atoms with Gasteiger partial charge in [0, 0.05) is 17.7 Å². The number of hydrogen-bond donors (Lipinski definition) is 1. The second kappa shape index (κ2) is 7.96. The molecule has 3 aromatic carbocycles. The van der Waals surface area contributed by atoms with Gasteiger partial charge in [0.05, 0.1) is 17.0 Å². The Morgan fingerprint density at radius 1 is 0.935 bits per heavy atom. The predicted molar refractivity (Wildman–Crippen MR) is 119 cm³/mol. The fourth-order valence-electron chi connectivity index (χ4n) is 4.36. The van der Waals surface area contributed by atoms with Crippen LogP contribution in [0.15, 0.2) is 89.3 Å². The van der Waals surface area contributed by atoms with Gasteiger partial charge in [-0.15, -0.1) is 0 Å². The monoisotopic (exact) mass is 433 g/mol. The lowest BCUT2D eigenvalue weighted by Crippen LogP contribution is -2.47. The largest absolute Gasteiger partial charge is 0.489 e. The molecule has 0 fully saturated rings. The number of benzene rings is 3. The first-order valence-electron chi connectivity index (χ1n) is 10.3. The van der Waals surface area contributed by atoms with Crippen molar-refractivity contribution in [1.29, 1.82) is 0 Å². The molecule has 0 radical (unpaired) electrons. The average Bonchev–Trinajstić information content (AvgIpc) is 2.80. The SMILES string of the molecule is O=S1(=O)c2ccccc2C(O)C(CC2=Cc3ccccc3OC2)N1Cc1ccccc1. The molecule has 2 unspecified atom stereocenters. The van der Waals surface area contributed by atoms with Gasteiger partial charge in [-0.25, -0.2) is 8.42 Å². The molecule has 0 amide bonds. The molecule has 0 saturated heterocycles. The molecule has 2 atom stereocenters. The zero-order valence-corrected chi connectivity index (χ0v) is 17.7. The predicted octanol–water partition coefficient (Wildman–Crippen LogP) is 4.16. The van der Waals surface area contributed by atoms with Gasteiger partial charge in [0.1, 0.15) is 12.4 Å². The summed E-state index contributed by atoms with van der Waals surface area (Å²) in [6.07, 6.45) is 1.50. The first-order chi connectivity index (χ1) is 15.0. The highest BCUT2D eigenvalue weighted by Crippen LogP contribution is 2.40. The van der Waals surface area contributed by atoms with E-state index >= 15 is 0 Å². The van der Waals surface area contributed by atoms with Crippen molar-refractivity contribution in [3.8, 4) is 5.75 Å². The maximum absolute atomic E-state index is 13.6. The van der Waals surface area contributed by atoms with E-state index < -0.39 is 22.2 Å². The van der Waals surface area contributed by atoms with Crippen molar-refractivity contribution >= 4 is 16.1 Å². The third-order valence-corrected chi connectivity index (χ3v) is 7.85. The van der Waals surface area contributed by atoms with Gasteiger partial charge in [-0.3, -0.25) is 0 Å². The van der Waals surface area contributed by atoms with Gasteiger partial charge in [0.15, 0.2) is 0 Å². The van der Waals surface area contributed by atoms with E-state index in [2.05, 4.69) is 0 Å². The number of aliphatic hydroxyl groups is 1. The van der Waals surface area contributed by atoms with Crippen LogP contribution in [-0.4, -0.2) is 30.5 Å². The van der Waals surface area contributed by atoms with E-state index in [9.17, 15) is 13.5 Å². The Morgan fingerprint density at radius 2 is 1.65 bits per heavy atom. The van der Waals surface area contributed by atoms with Gasteiger partial charge in [-0.05, 0) is 35.8 Å². The van der Waals surface area contributed by atoms with Gasteiger partial charge in [0.25, 0.3) is 0 Å². The molecular formula is C25H23NO4S. The maximum Gasteiger partial charge on any atom is 0.244 e. The Hall–Kier alpha value is -2.93. The summed E-state index contributed by atoms with van der Waals surface area (Å²) < 4.78 is 34.4. The van der Waals surface area contributed by atoms with E-state index in [1.165, 1.54) is 4.31 Å². The maximum atomic E-state index is 13.6. The van der Waals surface area contributed by atoms with Gasteiger partial charge >= 0.3 is 0 Å². The molecular weight excluding hydrogens is 410 g/mol. The Morgan fingerprint density at radius 3 is 2.48 bits per heavy atom. The lowest BCUT2D eigenvalue weighted by atomic mass is 9.93. The molecule has 0 bridgehead atoms. The van der Waals surface area contributed by atoms with Gasteiger partial charge in [-0.2, -0.15) is 4.31 Å². The first kappa shape index (κ1) is 20.0. The van der Waals surface area contributed by atoms with Gasteiger partial charge in [-0.1, -0.05) is 66.7 Å². The van der Waals surface area contributed by atoms with Crippen LogP contribution < -0.4 is 4.74 Å². The standard InChI is InChI=1S/C25H23NO4S/c27-25-21-11-5-7-13-24(21)31(28,29)26(16-18-8-2-1-3-9-18)22(25)15-19-14-20-10-4-6-12-23(20)30-17-19/h1-14,22,25,27H,15-17H2. The minimum Gasteiger partial charge on any atom is -0.489 e. The highest BCUT2D eigenvalue weighted by Gasteiger charge is 2.43. The molecule has 0 aliphatic carbocycles. The fraction of sp³-hybridized carbons (Fsp3) is 0.200. The number of nitrogens with zero attached hydrogens (tertiary/aromatic N) is 1. The zero-order valence-electron chi connectivity index (χ0n) is 16.9. The lowest BCUT2D eigenvalue weighted by molar-refractivity contribution is 0.0757. The van der Waals surface area contributed by atoms with E-state index in [-0.39, 0.29) is 11.4 Å². The van der Waals surface area contributed by atoms with Crippen molar-refractivity contribution < 1.29 is 18.3 Å². The normalized spacial score (nSPS) is 22.0. The summed E-state index contributed by atoms with van der Waals surface area (Å²) in [7, 11) is -3.77. The Labute approximate surface area is 182 Å². The molecule has 158 valence electrons.